The Morgan fingerprint density at radius 2 is 2.15 bits per heavy atom. The van der Waals surface area contributed by atoms with E-state index in [1.807, 2.05) is 13.8 Å². The van der Waals surface area contributed by atoms with Crippen molar-refractivity contribution >= 4 is 5.97 Å². The maximum atomic E-state index is 10.8. The smallest absolute Gasteiger partial charge is 0.305 e. The number of esters is 1. The Bertz CT molecular complexity index is 166. The van der Waals surface area contributed by atoms with Gasteiger partial charge in [-0.2, -0.15) is 0 Å². The summed E-state index contributed by atoms with van der Waals surface area (Å²) >= 11 is 0. The van der Waals surface area contributed by atoms with Gasteiger partial charge in [0, 0.05) is 0 Å². The van der Waals surface area contributed by atoms with Gasteiger partial charge in [-0.1, -0.05) is 13.0 Å². The average Bonchev–Trinajstić information content (AvgIpc) is 2.13. The topological polar surface area (TPSA) is 35.5 Å². The number of methoxy groups -OCH3 is 1. The van der Waals surface area contributed by atoms with Crippen LogP contribution in [0.2, 0.25) is 0 Å². The number of hydrogen-bond donors (Lipinski definition) is 0. The molecule has 0 rings (SSSR count). The van der Waals surface area contributed by atoms with Crippen molar-refractivity contribution < 1.29 is 14.3 Å². The van der Waals surface area contributed by atoms with Gasteiger partial charge in [0.05, 0.1) is 26.2 Å². The normalized spacial score (nSPS) is 14.7. The lowest BCUT2D eigenvalue weighted by Crippen LogP contribution is -2.15. The van der Waals surface area contributed by atoms with E-state index in [1.165, 1.54) is 7.11 Å². The van der Waals surface area contributed by atoms with Crippen molar-refractivity contribution in [2.45, 2.75) is 26.4 Å². The highest BCUT2D eigenvalue weighted by Gasteiger charge is 2.09. The molecule has 0 fully saturated rings. The molecule has 0 spiro atoms. The number of hydrogen-bond acceptors (Lipinski definition) is 3. The second-order valence-corrected chi connectivity index (χ2v) is 3.16. The fraction of sp³-hybridized carbons (Fsp3) is 0.700. The van der Waals surface area contributed by atoms with Crippen LogP contribution >= 0.6 is 0 Å². The zero-order valence-corrected chi connectivity index (χ0v) is 8.58. The van der Waals surface area contributed by atoms with Crippen LogP contribution in [0.1, 0.15) is 20.3 Å². The van der Waals surface area contributed by atoms with Crippen LogP contribution in [0, 0.1) is 5.92 Å². The molecule has 0 aliphatic rings. The second kappa shape index (κ2) is 6.66. The van der Waals surface area contributed by atoms with E-state index >= 15 is 0 Å². The summed E-state index contributed by atoms with van der Waals surface area (Å²) in [6, 6.07) is 0. The van der Waals surface area contributed by atoms with Gasteiger partial charge in [0.15, 0.2) is 0 Å². The van der Waals surface area contributed by atoms with Crippen molar-refractivity contribution in [3.8, 4) is 0 Å². The van der Waals surface area contributed by atoms with Gasteiger partial charge in [-0.25, -0.2) is 0 Å². The van der Waals surface area contributed by atoms with Crippen LogP contribution in [0.15, 0.2) is 12.7 Å². The van der Waals surface area contributed by atoms with Gasteiger partial charge in [-0.15, -0.1) is 6.58 Å². The van der Waals surface area contributed by atoms with Gasteiger partial charge in [0.1, 0.15) is 0 Å². The SMILES string of the molecule is C=CC(C)OCC(C)CC(=O)OC. The van der Waals surface area contributed by atoms with E-state index in [-0.39, 0.29) is 18.0 Å². The monoisotopic (exact) mass is 186 g/mol. The minimum atomic E-state index is -0.192. The first-order valence-electron chi connectivity index (χ1n) is 4.41. The largest absolute Gasteiger partial charge is 0.469 e. The van der Waals surface area contributed by atoms with Crippen molar-refractivity contribution in [3.63, 3.8) is 0 Å². The second-order valence-electron chi connectivity index (χ2n) is 3.16. The van der Waals surface area contributed by atoms with Crippen molar-refractivity contribution in [2.24, 2.45) is 5.92 Å². The first kappa shape index (κ1) is 12.2. The fourth-order valence-corrected chi connectivity index (χ4v) is 0.811. The Morgan fingerprint density at radius 3 is 2.62 bits per heavy atom. The number of carbonyl (C=O) groups is 1. The average molecular weight is 186 g/mol. The van der Waals surface area contributed by atoms with Crippen molar-refractivity contribution in [3.05, 3.63) is 12.7 Å². The van der Waals surface area contributed by atoms with Crippen LogP contribution in [0.4, 0.5) is 0 Å². The van der Waals surface area contributed by atoms with Gasteiger partial charge in [-0.3, -0.25) is 4.79 Å². The predicted octanol–water partition coefficient (Wildman–Crippen LogP) is 1.78. The lowest BCUT2D eigenvalue weighted by atomic mass is 10.1. The summed E-state index contributed by atoms with van der Waals surface area (Å²) in [5, 5.41) is 0. The molecule has 76 valence electrons. The molecule has 13 heavy (non-hydrogen) atoms. The molecule has 0 heterocycles. The maximum absolute atomic E-state index is 10.8. The summed E-state index contributed by atoms with van der Waals surface area (Å²) in [6.07, 6.45) is 2.17. The molecule has 0 aliphatic heterocycles. The molecule has 0 bridgehead atoms. The van der Waals surface area contributed by atoms with Crippen molar-refractivity contribution in [2.75, 3.05) is 13.7 Å². The minimum Gasteiger partial charge on any atom is -0.469 e. The van der Waals surface area contributed by atoms with Crippen LogP contribution < -0.4 is 0 Å². The summed E-state index contributed by atoms with van der Waals surface area (Å²) in [5.41, 5.74) is 0. The zero-order chi connectivity index (χ0) is 10.3. The number of ether oxygens (including phenoxy) is 2. The molecule has 0 aromatic carbocycles. The third-order valence-corrected chi connectivity index (χ3v) is 1.72. The summed E-state index contributed by atoms with van der Waals surface area (Å²) in [5.74, 6) is -0.00259. The molecule has 2 unspecified atom stereocenters. The molecule has 2 atom stereocenters. The van der Waals surface area contributed by atoms with Crippen LogP contribution in [0.25, 0.3) is 0 Å². The molecular weight excluding hydrogens is 168 g/mol. The summed E-state index contributed by atoms with van der Waals surface area (Å²) < 4.78 is 9.91. The van der Waals surface area contributed by atoms with E-state index in [0.717, 1.165) is 0 Å². The predicted molar refractivity (Wildman–Crippen MR) is 51.4 cm³/mol. The van der Waals surface area contributed by atoms with Gasteiger partial charge >= 0.3 is 5.97 Å². The Kier molecular flexibility index (Phi) is 6.24. The molecule has 0 radical (unpaired) electrons. The minimum absolute atomic E-state index is 0.0418. The van der Waals surface area contributed by atoms with Gasteiger partial charge in [0.2, 0.25) is 0 Å². The number of carbonyl (C=O) groups excluding carboxylic acids is 1. The Labute approximate surface area is 79.7 Å². The first-order valence-corrected chi connectivity index (χ1v) is 4.41. The van der Waals surface area contributed by atoms with Crippen LogP contribution in [-0.2, 0) is 14.3 Å². The van der Waals surface area contributed by atoms with E-state index in [0.29, 0.717) is 13.0 Å². The lowest BCUT2D eigenvalue weighted by molar-refractivity contribution is -0.142. The van der Waals surface area contributed by atoms with Gasteiger partial charge in [0.25, 0.3) is 0 Å². The molecule has 3 heteroatoms. The molecule has 0 aromatic heterocycles. The Balaban J connectivity index is 3.56. The van der Waals surface area contributed by atoms with E-state index < -0.39 is 0 Å². The highest BCUT2D eigenvalue weighted by atomic mass is 16.5. The Hall–Kier alpha value is -0.830. The highest BCUT2D eigenvalue weighted by Crippen LogP contribution is 2.05. The third-order valence-electron chi connectivity index (χ3n) is 1.72. The summed E-state index contributed by atoms with van der Waals surface area (Å²) in [4.78, 5) is 10.8. The third kappa shape index (κ3) is 6.34. The molecule has 0 saturated heterocycles. The molecule has 0 saturated carbocycles. The van der Waals surface area contributed by atoms with Crippen molar-refractivity contribution in [1.29, 1.82) is 0 Å². The molecule has 0 amide bonds. The summed E-state index contributed by atoms with van der Waals surface area (Å²) in [7, 11) is 1.39. The number of rotatable bonds is 6. The van der Waals surface area contributed by atoms with E-state index in [9.17, 15) is 4.79 Å². The quantitative estimate of drug-likeness (QED) is 0.468. The molecule has 3 nitrogen and oxygen atoms in total. The van der Waals surface area contributed by atoms with Crippen LogP contribution in [0.5, 0.6) is 0 Å². The molecule has 0 aromatic rings. The Morgan fingerprint density at radius 1 is 1.54 bits per heavy atom. The molecular formula is C10H18O3. The van der Waals surface area contributed by atoms with Crippen LogP contribution in [0.3, 0.4) is 0 Å². The molecule has 0 aliphatic carbocycles. The van der Waals surface area contributed by atoms with E-state index in [4.69, 9.17) is 4.74 Å². The lowest BCUT2D eigenvalue weighted by Gasteiger charge is -2.13. The zero-order valence-electron chi connectivity index (χ0n) is 8.58. The standard InChI is InChI=1S/C10H18O3/c1-5-9(3)13-7-8(2)6-10(11)12-4/h5,8-9H,1,6-7H2,2-4H3. The van der Waals surface area contributed by atoms with Crippen LogP contribution in [-0.4, -0.2) is 25.8 Å². The van der Waals surface area contributed by atoms with Gasteiger partial charge in [-0.05, 0) is 12.8 Å². The first-order chi connectivity index (χ1) is 6.10. The maximum Gasteiger partial charge on any atom is 0.305 e. The molecule has 0 N–H and O–H groups in total. The summed E-state index contributed by atoms with van der Waals surface area (Å²) in [6.45, 7) is 8.02. The van der Waals surface area contributed by atoms with E-state index in [2.05, 4.69) is 11.3 Å². The fourth-order valence-electron chi connectivity index (χ4n) is 0.811. The van der Waals surface area contributed by atoms with Gasteiger partial charge < -0.3 is 9.47 Å². The van der Waals surface area contributed by atoms with E-state index in [1.54, 1.807) is 6.08 Å². The van der Waals surface area contributed by atoms with Crippen molar-refractivity contribution in [1.82, 2.24) is 0 Å². The highest BCUT2D eigenvalue weighted by molar-refractivity contribution is 5.69.